The standard InChI is InChI=1S/C7H9BF3N2.K/c9-8(10,11)3-6-1-2-13-5-7(6)4-12;/h1-2,5H,3-4,12H2;/q-1;+1. The van der Waals surface area contributed by atoms with Crippen molar-refractivity contribution in [1.82, 2.24) is 4.98 Å². The van der Waals surface area contributed by atoms with Crippen molar-refractivity contribution in [2.24, 2.45) is 5.73 Å². The maximum atomic E-state index is 12.1. The molecular weight excluding hydrogens is 219 g/mol. The van der Waals surface area contributed by atoms with Gasteiger partial charge in [0.2, 0.25) is 0 Å². The number of rotatable bonds is 3. The Kier molecular flexibility index (Phi) is 6.51. The van der Waals surface area contributed by atoms with E-state index in [2.05, 4.69) is 4.98 Å². The normalized spacial score (nSPS) is 10.9. The van der Waals surface area contributed by atoms with Crippen LogP contribution in [0.15, 0.2) is 18.5 Å². The summed E-state index contributed by atoms with van der Waals surface area (Å²) in [7, 11) is 0. The quantitative estimate of drug-likeness (QED) is 0.638. The monoisotopic (exact) mass is 228 g/mol. The van der Waals surface area contributed by atoms with Crippen molar-refractivity contribution in [1.29, 1.82) is 0 Å². The van der Waals surface area contributed by atoms with Crippen LogP contribution >= 0.6 is 0 Å². The molecule has 0 saturated heterocycles. The van der Waals surface area contributed by atoms with Crippen molar-refractivity contribution < 1.29 is 64.3 Å². The maximum Gasteiger partial charge on any atom is 1.00 e. The zero-order valence-electron chi connectivity index (χ0n) is 7.88. The van der Waals surface area contributed by atoms with Gasteiger partial charge in [-0.15, -0.1) is 0 Å². The Morgan fingerprint density at radius 2 is 1.93 bits per heavy atom. The van der Waals surface area contributed by atoms with E-state index in [1.807, 2.05) is 0 Å². The number of nitrogens with zero attached hydrogens (tertiary/aromatic N) is 1. The van der Waals surface area contributed by atoms with E-state index in [9.17, 15) is 12.9 Å². The van der Waals surface area contributed by atoms with Crippen LogP contribution in [0.1, 0.15) is 11.1 Å². The molecule has 1 rings (SSSR count). The predicted octanol–water partition coefficient (Wildman–Crippen LogP) is -1.53. The van der Waals surface area contributed by atoms with Gasteiger partial charge in [0, 0.05) is 18.9 Å². The van der Waals surface area contributed by atoms with Crippen molar-refractivity contribution in [3.8, 4) is 0 Å². The minimum absolute atomic E-state index is 0. The fourth-order valence-electron chi connectivity index (χ4n) is 1.09. The van der Waals surface area contributed by atoms with Crippen LogP contribution in [0.25, 0.3) is 0 Å². The molecule has 0 bridgehead atoms. The van der Waals surface area contributed by atoms with E-state index in [4.69, 9.17) is 5.73 Å². The first-order valence-corrected chi connectivity index (χ1v) is 3.86. The molecule has 72 valence electrons. The van der Waals surface area contributed by atoms with Crippen LogP contribution in [-0.4, -0.2) is 12.0 Å². The predicted molar refractivity (Wildman–Crippen MR) is 44.9 cm³/mol. The number of nitrogens with two attached hydrogens (primary N) is 1. The molecule has 0 aliphatic carbocycles. The first-order chi connectivity index (χ1) is 6.03. The van der Waals surface area contributed by atoms with Crippen LogP contribution in [0.5, 0.6) is 0 Å². The zero-order chi connectivity index (χ0) is 9.90. The average Bonchev–Trinajstić information content (AvgIpc) is 2.02. The number of halogens is 3. The molecule has 0 amide bonds. The molecule has 0 saturated carbocycles. The SMILES string of the molecule is NCc1cnccc1C[B-](F)(F)F.[K+]. The first kappa shape index (κ1) is 14.6. The second kappa shape index (κ2) is 6.24. The van der Waals surface area contributed by atoms with E-state index in [1.54, 1.807) is 0 Å². The molecule has 7 heteroatoms. The van der Waals surface area contributed by atoms with E-state index in [1.165, 1.54) is 18.5 Å². The minimum atomic E-state index is -4.79. The summed E-state index contributed by atoms with van der Waals surface area (Å²) in [4.78, 5) is 3.71. The van der Waals surface area contributed by atoms with Crippen molar-refractivity contribution in [2.45, 2.75) is 12.9 Å². The number of pyridine rings is 1. The van der Waals surface area contributed by atoms with Crippen LogP contribution in [0, 0.1) is 0 Å². The number of hydrogen-bond donors (Lipinski definition) is 1. The molecule has 0 aliphatic rings. The van der Waals surface area contributed by atoms with E-state index in [-0.39, 0.29) is 63.5 Å². The molecule has 0 aromatic carbocycles. The van der Waals surface area contributed by atoms with Crippen LogP contribution in [0.2, 0.25) is 0 Å². The van der Waals surface area contributed by atoms with E-state index in [0.717, 1.165) is 0 Å². The third kappa shape index (κ3) is 4.90. The van der Waals surface area contributed by atoms with Gasteiger partial charge in [-0.05, 0) is 11.6 Å². The molecule has 1 heterocycles. The fourth-order valence-corrected chi connectivity index (χ4v) is 1.09. The van der Waals surface area contributed by atoms with Crippen molar-refractivity contribution in [3.05, 3.63) is 29.6 Å². The summed E-state index contributed by atoms with van der Waals surface area (Å²) in [5, 5.41) is 0. The summed E-state index contributed by atoms with van der Waals surface area (Å²) in [6, 6.07) is 1.36. The van der Waals surface area contributed by atoms with E-state index < -0.39 is 13.3 Å². The van der Waals surface area contributed by atoms with E-state index >= 15 is 0 Å². The van der Waals surface area contributed by atoms with Gasteiger partial charge in [-0.1, -0.05) is 11.9 Å². The maximum absolute atomic E-state index is 12.1. The van der Waals surface area contributed by atoms with Crippen LogP contribution in [0.4, 0.5) is 12.9 Å². The van der Waals surface area contributed by atoms with Crippen LogP contribution < -0.4 is 57.1 Å². The van der Waals surface area contributed by atoms with Crippen molar-refractivity contribution in [3.63, 3.8) is 0 Å². The average molecular weight is 228 g/mol. The topological polar surface area (TPSA) is 38.9 Å². The van der Waals surface area contributed by atoms with Gasteiger partial charge < -0.3 is 18.7 Å². The summed E-state index contributed by atoms with van der Waals surface area (Å²) in [5.41, 5.74) is 5.96. The summed E-state index contributed by atoms with van der Waals surface area (Å²) >= 11 is 0. The summed E-state index contributed by atoms with van der Waals surface area (Å²) < 4.78 is 36.2. The molecular formula is C7H9BF3KN2. The Bertz CT molecular complexity index is 293. The molecule has 0 fully saturated rings. The van der Waals surface area contributed by atoms with Gasteiger partial charge in [0.1, 0.15) is 0 Å². The largest absolute Gasteiger partial charge is 1.00 e. The molecule has 0 unspecified atom stereocenters. The molecule has 1 aromatic heterocycles. The fraction of sp³-hybridized carbons (Fsp3) is 0.286. The smallest absolute Gasteiger partial charge is 0.449 e. The second-order valence-corrected chi connectivity index (χ2v) is 2.76. The summed E-state index contributed by atoms with van der Waals surface area (Å²) in [6.45, 7) is -4.70. The number of hydrogen-bond acceptors (Lipinski definition) is 2. The van der Waals surface area contributed by atoms with Gasteiger partial charge in [0.25, 0.3) is 0 Å². The van der Waals surface area contributed by atoms with Gasteiger partial charge >= 0.3 is 58.4 Å². The summed E-state index contributed by atoms with van der Waals surface area (Å²) in [5.74, 6) is 0. The molecule has 0 atom stereocenters. The zero-order valence-corrected chi connectivity index (χ0v) is 11.0. The van der Waals surface area contributed by atoms with Gasteiger partial charge in [0.05, 0.1) is 0 Å². The summed E-state index contributed by atoms with van der Waals surface area (Å²) in [6.07, 6.45) is 1.84. The molecule has 0 spiro atoms. The third-order valence-corrected chi connectivity index (χ3v) is 1.68. The minimum Gasteiger partial charge on any atom is -0.449 e. The van der Waals surface area contributed by atoms with Crippen molar-refractivity contribution in [2.75, 3.05) is 0 Å². The van der Waals surface area contributed by atoms with Gasteiger partial charge in [-0.3, -0.25) is 4.98 Å². The van der Waals surface area contributed by atoms with Crippen molar-refractivity contribution >= 4 is 6.98 Å². The Balaban J connectivity index is 0.00000169. The molecule has 0 aliphatic heterocycles. The molecule has 2 N–H and O–H groups in total. The van der Waals surface area contributed by atoms with Gasteiger partial charge in [0.15, 0.2) is 0 Å². The van der Waals surface area contributed by atoms with Gasteiger partial charge in [-0.2, -0.15) is 0 Å². The molecule has 2 nitrogen and oxygen atoms in total. The van der Waals surface area contributed by atoms with E-state index in [0.29, 0.717) is 5.56 Å². The Morgan fingerprint density at radius 3 is 2.43 bits per heavy atom. The molecule has 0 radical (unpaired) electrons. The molecule has 14 heavy (non-hydrogen) atoms. The van der Waals surface area contributed by atoms with Crippen LogP contribution in [-0.2, 0) is 12.9 Å². The van der Waals surface area contributed by atoms with Gasteiger partial charge in [-0.25, -0.2) is 0 Å². The Hall–Kier alpha value is 0.601. The second-order valence-electron chi connectivity index (χ2n) is 2.76. The Morgan fingerprint density at radius 1 is 1.29 bits per heavy atom. The Labute approximate surface area is 123 Å². The first-order valence-electron chi connectivity index (χ1n) is 3.86. The molecule has 1 aromatic rings. The number of aromatic nitrogens is 1. The third-order valence-electron chi connectivity index (χ3n) is 1.68. The van der Waals surface area contributed by atoms with Crippen LogP contribution in [0.3, 0.4) is 0 Å².